The van der Waals surface area contributed by atoms with Crippen molar-refractivity contribution in [2.45, 2.75) is 123 Å². The van der Waals surface area contributed by atoms with Crippen molar-refractivity contribution < 1.29 is 19.6 Å². The highest BCUT2D eigenvalue weighted by molar-refractivity contribution is 6.05. The maximum Gasteiger partial charge on any atom is 0.275 e. The lowest BCUT2D eigenvalue weighted by atomic mass is 9.86. The average molecular weight is 543 g/mol. The smallest absolute Gasteiger partial charge is 0.275 e. The third-order valence-electron chi connectivity index (χ3n) is 7.22. The Hall–Kier alpha value is -2.58. The molecule has 1 aromatic carbocycles. The predicted octanol–water partition coefficient (Wildman–Crippen LogP) is 5.51. The van der Waals surface area contributed by atoms with E-state index in [1.165, 1.54) is 19.3 Å². The van der Waals surface area contributed by atoms with Crippen molar-refractivity contribution in [3.63, 3.8) is 0 Å². The van der Waals surface area contributed by atoms with E-state index in [1.807, 2.05) is 65.0 Å². The Labute approximate surface area is 235 Å². The number of nitrogens with zero attached hydrogens (tertiary/aromatic N) is 3. The molecule has 0 spiro atoms. The number of benzene rings is 1. The SMILES string of the molecule is CCC[C@@H](C(=O)N(O)C(CCC1CCCCC1)=NC(C)C)N(C(=O)CC(C)C)C(=O)[C@@H](N)Cc1ccccc1. The van der Waals surface area contributed by atoms with Crippen LogP contribution in [0.5, 0.6) is 0 Å². The highest BCUT2D eigenvalue weighted by Gasteiger charge is 2.39. The van der Waals surface area contributed by atoms with Crippen LogP contribution in [0.3, 0.4) is 0 Å². The third kappa shape index (κ3) is 10.5. The molecule has 0 radical (unpaired) electrons. The average Bonchev–Trinajstić information content (AvgIpc) is 2.90. The lowest BCUT2D eigenvalue weighted by Gasteiger charge is -2.33. The molecule has 3 N–H and O–H groups in total. The van der Waals surface area contributed by atoms with E-state index in [0.29, 0.717) is 29.7 Å². The van der Waals surface area contributed by atoms with Crippen LogP contribution in [-0.2, 0) is 20.8 Å². The predicted molar refractivity (Wildman–Crippen MR) is 155 cm³/mol. The van der Waals surface area contributed by atoms with Gasteiger partial charge in [0, 0.05) is 18.9 Å². The van der Waals surface area contributed by atoms with Crippen LogP contribution in [-0.4, -0.2) is 56.9 Å². The summed E-state index contributed by atoms with van der Waals surface area (Å²) in [5.74, 6) is -0.948. The van der Waals surface area contributed by atoms with E-state index in [9.17, 15) is 19.6 Å². The Morgan fingerprint density at radius 3 is 2.23 bits per heavy atom. The molecule has 0 aliphatic heterocycles. The van der Waals surface area contributed by atoms with Gasteiger partial charge >= 0.3 is 0 Å². The summed E-state index contributed by atoms with van der Waals surface area (Å²) in [6.45, 7) is 9.45. The van der Waals surface area contributed by atoms with Gasteiger partial charge in [-0.1, -0.05) is 89.6 Å². The fourth-order valence-electron chi connectivity index (χ4n) is 5.27. The van der Waals surface area contributed by atoms with E-state index >= 15 is 0 Å². The molecule has 3 amide bonds. The minimum Gasteiger partial charge on any atom is -0.320 e. The zero-order valence-electron chi connectivity index (χ0n) is 24.6. The second kappa shape index (κ2) is 16.5. The van der Waals surface area contributed by atoms with Crippen molar-refractivity contribution in [2.75, 3.05) is 0 Å². The standard InChI is InChI=1S/C31H50N4O4/c1-6-13-27(31(38)35(39)28(33-23(4)5)19-18-24-14-9-7-10-15-24)34(29(36)20-22(2)3)30(37)26(32)21-25-16-11-8-12-17-25/h8,11-12,16-17,22-24,26-27,39H,6-7,9-10,13-15,18-21,32H2,1-5H3/t26-,27-/m0/s1. The first-order valence-corrected chi connectivity index (χ1v) is 14.8. The van der Waals surface area contributed by atoms with Gasteiger partial charge in [-0.05, 0) is 50.5 Å². The fraction of sp³-hybridized carbons (Fsp3) is 0.677. The van der Waals surface area contributed by atoms with Crippen LogP contribution in [0.1, 0.15) is 104 Å². The molecule has 0 unspecified atom stereocenters. The normalized spacial score (nSPS) is 16.3. The summed E-state index contributed by atoms with van der Waals surface area (Å²) in [4.78, 5) is 46.6. The highest BCUT2D eigenvalue weighted by atomic mass is 16.5. The first-order valence-electron chi connectivity index (χ1n) is 14.8. The maximum absolute atomic E-state index is 13.8. The van der Waals surface area contributed by atoms with Crippen molar-refractivity contribution in [1.82, 2.24) is 9.96 Å². The van der Waals surface area contributed by atoms with Gasteiger partial charge in [-0.3, -0.25) is 29.5 Å². The Bertz CT molecular complexity index is 941. The van der Waals surface area contributed by atoms with Gasteiger partial charge in [-0.2, -0.15) is 5.06 Å². The van der Waals surface area contributed by atoms with Gasteiger partial charge in [0.15, 0.2) is 0 Å². The van der Waals surface area contributed by atoms with E-state index < -0.39 is 29.8 Å². The fourth-order valence-corrected chi connectivity index (χ4v) is 5.27. The number of rotatable bonds is 13. The molecule has 8 heteroatoms. The van der Waals surface area contributed by atoms with Crippen LogP contribution in [0.4, 0.5) is 0 Å². The number of carbonyl (C=O) groups excluding carboxylic acids is 3. The summed E-state index contributed by atoms with van der Waals surface area (Å²) < 4.78 is 0. The Kier molecular flexibility index (Phi) is 13.8. The van der Waals surface area contributed by atoms with Gasteiger partial charge in [0.1, 0.15) is 11.9 Å². The molecular weight excluding hydrogens is 492 g/mol. The molecule has 1 aliphatic carbocycles. The van der Waals surface area contributed by atoms with Crippen molar-refractivity contribution in [1.29, 1.82) is 0 Å². The molecule has 1 aliphatic rings. The van der Waals surface area contributed by atoms with Gasteiger partial charge in [0.05, 0.1) is 6.04 Å². The zero-order chi connectivity index (χ0) is 28.9. The van der Waals surface area contributed by atoms with Gasteiger partial charge < -0.3 is 5.73 Å². The molecule has 1 fully saturated rings. The molecule has 2 rings (SSSR count). The minimum absolute atomic E-state index is 0.0192. The van der Waals surface area contributed by atoms with Crippen molar-refractivity contribution in [3.8, 4) is 0 Å². The monoisotopic (exact) mass is 542 g/mol. The quantitative estimate of drug-likeness (QED) is 0.148. The molecule has 0 heterocycles. The lowest BCUT2D eigenvalue weighted by molar-refractivity contribution is -0.165. The summed E-state index contributed by atoms with van der Waals surface area (Å²) in [7, 11) is 0. The van der Waals surface area contributed by atoms with Gasteiger partial charge in [0.2, 0.25) is 11.8 Å². The number of hydroxylamine groups is 2. The number of amides is 3. The summed E-state index contributed by atoms with van der Waals surface area (Å²) >= 11 is 0. The minimum atomic E-state index is -1.16. The molecule has 1 aromatic rings. The van der Waals surface area contributed by atoms with Crippen molar-refractivity contribution in [3.05, 3.63) is 35.9 Å². The topological polar surface area (TPSA) is 116 Å². The zero-order valence-corrected chi connectivity index (χ0v) is 24.6. The summed E-state index contributed by atoms with van der Waals surface area (Å²) in [5, 5.41) is 11.8. The van der Waals surface area contributed by atoms with Gasteiger partial charge in [-0.25, -0.2) is 0 Å². The molecule has 2 atom stereocenters. The Morgan fingerprint density at radius 2 is 1.67 bits per heavy atom. The second-order valence-corrected chi connectivity index (χ2v) is 11.6. The number of aliphatic imine (C=N–C) groups is 1. The van der Waals surface area contributed by atoms with Crippen LogP contribution in [0.15, 0.2) is 35.3 Å². The molecule has 0 saturated heterocycles. The summed E-state index contributed by atoms with van der Waals surface area (Å²) in [5.41, 5.74) is 7.20. The number of amidine groups is 1. The maximum atomic E-state index is 13.8. The largest absolute Gasteiger partial charge is 0.320 e. The van der Waals surface area contributed by atoms with E-state index in [-0.39, 0.29) is 31.2 Å². The summed E-state index contributed by atoms with van der Waals surface area (Å²) in [6.07, 6.45) is 8.37. The van der Waals surface area contributed by atoms with Crippen molar-refractivity contribution in [2.24, 2.45) is 22.6 Å². The van der Waals surface area contributed by atoms with E-state index in [2.05, 4.69) is 4.99 Å². The van der Waals surface area contributed by atoms with Crippen LogP contribution in [0.25, 0.3) is 0 Å². The molecule has 8 nitrogen and oxygen atoms in total. The third-order valence-corrected chi connectivity index (χ3v) is 7.22. The van der Waals surface area contributed by atoms with Crippen LogP contribution in [0, 0.1) is 11.8 Å². The number of imide groups is 1. The number of carbonyl (C=O) groups is 3. The van der Waals surface area contributed by atoms with Crippen LogP contribution < -0.4 is 5.73 Å². The molecule has 39 heavy (non-hydrogen) atoms. The second-order valence-electron chi connectivity index (χ2n) is 11.6. The number of nitrogens with two attached hydrogens (primary N) is 1. The molecular formula is C31H50N4O4. The van der Waals surface area contributed by atoms with E-state index in [4.69, 9.17) is 5.73 Å². The van der Waals surface area contributed by atoms with Crippen molar-refractivity contribution >= 4 is 23.6 Å². The number of hydrogen-bond donors (Lipinski definition) is 2. The van der Waals surface area contributed by atoms with E-state index in [1.54, 1.807) is 0 Å². The van der Waals surface area contributed by atoms with Gasteiger partial charge in [0.25, 0.3) is 5.91 Å². The number of hydrogen-bond acceptors (Lipinski definition) is 6. The van der Waals surface area contributed by atoms with E-state index in [0.717, 1.165) is 29.7 Å². The summed E-state index contributed by atoms with van der Waals surface area (Å²) in [6, 6.07) is 7.07. The Morgan fingerprint density at radius 1 is 1.03 bits per heavy atom. The molecule has 0 aromatic heterocycles. The molecule has 0 bridgehead atoms. The highest BCUT2D eigenvalue weighted by Crippen LogP contribution is 2.28. The molecule has 1 saturated carbocycles. The lowest BCUT2D eigenvalue weighted by Crippen LogP contribution is -2.58. The van der Waals surface area contributed by atoms with Gasteiger partial charge in [-0.15, -0.1) is 0 Å². The Balaban J connectivity index is 2.34. The molecule has 218 valence electrons. The first-order chi connectivity index (χ1) is 18.5. The van der Waals surface area contributed by atoms with Crippen LogP contribution >= 0.6 is 0 Å². The van der Waals surface area contributed by atoms with Crippen LogP contribution in [0.2, 0.25) is 0 Å². The first kappa shape index (κ1) is 32.6.